The molecule has 3 nitrogen and oxygen atoms in total. The summed E-state index contributed by atoms with van der Waals surface area (Å²) < 4.78 is 4.38. The van der Waals surface area contributed by atoms with Crippen molar-refractivity contribution in [3.05, 3.63) is 23.0 Å². The van der Waals surface area contributed by atoms with Crippen LogP contribution in [0.25, 0.3) is 0 Å². The van der Waals surface area contributed by atoms with Crippen LogP contribution in [0.2, 0.25) is 5.02 Å². The number of nitrogens with zero attached hydrogens (tertiary/aromatic N) is 1. The number of rotatable bonds is 2. The van der Waals surface area contributed by atoms with Crippen LogP contribution in [0, 0.1) is 6.92 Å². The molecule has 0 unspecified atom stereocenters. The van der Waals surface area contributed by atoms with Crippen molar-refractivity contribution in [2.24, 2.45) is 5.90 Å². The summed E-state index contributed by atoms with van der Waals surface area (Å²) in [6, 6.07) is 1.75. The minimum atomic E-state index is 0.579. The first-order valence-corrected chi connectivity index (χ1v) is 4.01. The number of nitrogens with two attached hydrogens (primary N) is 1. The molecule has 1 heterocycles. The van der Waals surface area contributed by atoms with Crippen molar-refractivity contribution < 1.29 is 4.28 Å². The monoisotopic (exact) mass is 190 g/mol. The van der Waals surface area contributed by atoms with Gasteiger partial charge >= 0.3 is 0 Å². The van der Waals surface area contributed by atoms with Crippen LogP contribution < -0.4 is 5.90 Å². The minimum Gasteiger partial charge on any atom is -0.259 e. The van der Waals surface area contributed by atoms with E-state index < -0.39 is 0 Å². The first kappa shape index (κ1) is 8.80. The molecule has 0 atom stereocenters. The Morgan fingerprint density at radius 2 is 2.45 bits per heavy atom. The van der Waals surface area contributed by atoms with E-state index in [0.717, 1.165) is 22.6 Å². The Bertz CT molecular complexity index is 256. The molecule has 1 rings (SSSR count). The largest absolute Gasteiger partial charge is 0.259 e. The minimum absolute atomic E-state index is 0.579. The Kier molecular flexibility index (Phi) is 3.14. The lowest BCUT2D eigenvalue weighted by Crippen LogP contribution is -1.91. The number of aryl methyl sites for hydroxylation is 1. The van der Waals surface area contributed by atoms with Crippen LogP contribution in [0.5, 0.6) is 0 Å². The normalized spacial score (nSPS) is 10.1. The molecule has 0 bridgehead atoms. The number of hydrogen-bond donors (Lipinski definition) is 1. The Balaban J connectivity index is 2.93. The maximum absolute atomic E-state index is 5.68. The third kappa shape index (κ3) is 2.34. The zero-order valence-electron chi connectivity index (χ0n) is 5.87. The molecule has 0 radical (unpaired) electrons. The van der Waals surface area contributed by atoms with E-state index >= 15 is 0 Å². The fourth-order valence-corrected chi connectivity index (χ4v) is 1.30. The first-order chi connectivity index (χ1) is 5.24. The second-order valence-corrected chi connectivity index (χ2v) is 3.15. The molecule has 5 heteroatoms. The third-order valence-corrected chi connectivity index (χ3v) is 2.04. The highest BCUT2D eigenvalue weighted by Crippen LogP contribution is 2.22. The fraction of sp³-hybridized carbons (Fsp3) is 0.167. The van der Waals surface area contributed by atoms with Crippen molar-refractivity contribution >= 4 is 23.6 Å². The van der Waals surface area contributed by atoms with Crippen LogP contribution in [-0.4, -0.2) is 4.98 Å². The van der Waals surface area contributed by atoms with E-state index in [1.807, 2.05) is 6.92 Å². The van der Waals surface area contributed by atoms with Gasteiger partial charge in [-0.05, 0) is 13.0 Å². The van der Waals surface area contributed by atoms with Gasteiger partial charge < -0.3 is 0 Å². The second kappa shape index (κ2) is 3.92. The maximum Gasteiger partial charge on any atom is 0.0601 e. The van der Waals surface area contributed by atoms with Gasteiger partial charge in [0, 0.05) is 6.20 Å². The summed E-state index contributed by atoms with van der Waals surface area (Å²) in [6.45, 7) is 1.86. The van der Waals surface area contributed by atoms with Crippen molar-refractivity contribution in [1.82, 2.24) is 4.98 Å². The van der Waals surface area contributed by atoms with Crippen molar-refractivity contribution in [3.8, 4) is 0 Å². The lowest BCUT2D eigenvalue weighted by molar-refractivity contribution is 0.398. The van der Waals surface area contributed by atoms with Gasteiger partial charge in [0.05, 0.1) is 27.7 Å². The molecule has 0 saturated carbocycles. The average molecular weight is 191 g/mol. The van der Waals surface area contributed by atoms with Crippen LogP contribution in [0.3, 0.4) is 0 Å². The van der Waals surface area contributed by atoms with Gasteiger partial charge in [-0.25, -0.2) is 10.2 Å². The van der Waals surface area contributed by atoms with Gasteiger partial charge in [-0.1, -0.05) is 11.6 Å². The van der Waals surface area contributed by atoms with Gasteiger partial charge in [-0.15, -0.1) is 0 Å². The van der Waals surface area contributed by atoms with Crippen LogP contribution in [0.15, 0.2) is 17.2 Å². The van der Waals surface area contributed by atoms with Crippen molar-refractivity contribution in [2.45, 2.75) is 11.8 Å². The predicted octanol–water partition coefficient (Wildman–Crippen LogP) is 1.94. The molecule has 60 valence electrons. The van der Waals surface area contributed by atoms with E-state index in [-0.39, 0.29) is 0 Å². The second-order valence-electron chi connectivity index (χ2n) is 1.92. The molecule has 0 spiro atoms. The van der Waals surface area contributed by atoms with Crippen LogP contribution in [0.4, 0.5) is 0 Å². The van der Waals surface area contributed by atoms with Gasteiger partial charge in [0.25, 0.3) is 0 Å². The standard InChI is InChI=1S/C6H7ClN2OS/c1-4-6(11-10-8)2-5(7)3-9-4/h2-3H,8H2,1H3. The van der Waals surface area contributed by atoms with Gasteiger partial charge in [0.2, 0.25) is 0 Å². The zero-order valence-corrected chi connectivity index (χ0v) is 7.45. The number of pyridine rings is 1. The summed E-state index contributed by atoms with van der Waals surface area (Å²) >= 11 is 6.73. The number of hydrogen-bond acceptors (Lipinski definition) is 4. The Hall–Kier alpha value is -0.290. The molecule has 0 aliphatic carbocycles. The smallest absolute Gasteiger partial charge is 0.0601 e. The summed E-state index contributed by atoms with van der Waals surface area (Å²) in [6.07, 6.45) is 1.58. The fourth-order valence-electron chi connectivity index (χ4n) is 0.625. The third-order valence-electron chi connectivity index (χ3n) is 1.14. The summed E-state index contributed by atoms with van der Waals surface area (Å²) in [5, 5.41) is 0.579. The molecule has 0 fully saturated rings. The quantitative estimate of drug-likeness (QED) is 0.572. The van der Waals surface area contributed by atoms with E-state index in [1.54, 1.807) is 12.3 Å². The van der Waals surface area contributed by atoms with E-state index in [0.29, 0.717) is 5.02 Å². The van der Waals surface area contributed by atoms with Crippen LogP contribution in [0.1, 0.15) is 5.69 Å². The van der Waals surface area contributed by atoms with Gasteiger partial charge in [-0.3, -0.25) is 4.98 Å². The molecule has 0 aromatic carbocycles. The molecule has 0 aliphatic rings. The Labute approximate surface area is 74.1 Å². The first-order valence-electron chi connectivity index (χ1n) is 2.89. The van der Waals surface area contributed by atoms with E-state index in [1.165, 1.54) is 0 Å². The average Bonchev–Trinajstić information content (AvgIpc) is 1.98. The van der Waals surface area contributed by atoms with E-state index in [4.69, 9.17) is 17.5 Å². The Morgan fingerprint density at radius 1 is 1.73 bits per heavy atom. The number of aromatic nitrogens is 1. The maximum atomic E-state index is 5.68. The highest BCUT2D eigenvalue weighted by atomic mass is 35.5. The van der Waals surface area contributed by atoms with Gasteiger partial charge in [0.1, 0.15) is 0 Å². The molecular weight excluding hydrogens is 184 g/mol. The van der Waals surface area contributed by atoms with Crippen LogP contribution >= 0.6 is 23.6 Å². The highest BCUT2D eigenvalue weighted by molar-refractivity contribution is 7.94. The molecule has 1 aromatic rings. The lowest BCUT2D eigenvalue weighted by Gasteiger charge is -2.00. The Morgan fingerprint density at radius 3 is 3.09 bits per heavy atom. The van der Waals surface area contributed by atoms with Crippen molar-refractivity contribution in [2.75, 3.05) is 0 Å². The van der Waals surface area contributed by atoms with Gasteiger partial charge in [0.15, 0.2) is 0 Å². The summed E-state index contributed by atoms with van der Waals surface area (Å²) in [7, 11) is 0. The summed E-state index contributed by atoms with van der Waals surface area (Å²) in [5.41, 5.74) is 0.852. The predicted molar refractivity (Wildman–Crippen MR) is 45.1 cm³/mol. The van der Waals surface area contributed by atoms with Crippen molar-refractivity contribution in [1.29, 1.82) is 0 Å². The molecule has 11 heavy (non-hydrogen) atoms. The summed E-state index contributed by atoms with van der Waals surface area (Å²) in [5.74, 6) is 4.87. The van der Waals surface area contributed by atoms with Crippen LogP contribution in [-0.2, 0) is 4.28 Å². The number of halogens is 1. The molecule has 2 N–H and O–H groups in total. The molecule has 0 amide bonds. The summed E-state index contributed by atoms with van der Waals surface area (Å²) in [4.78, 5) is 4.84. The van der Waals surface area contributed by atoms with E-state index in [2.05, 4.69) is 9.27 Å². The topological polar surface area (TPSA) is 48.1 Å². The molecule has 0 saturated heterocycles. The lowest BCUT2D eigenvalue weighted by atomic mass is 10.4. The molecule has 0 aliphatic heterocycles. The highest BCUT2D eigenvalue weighted by Gasteiger charge is 2.00. The molecule has 1 aromatic heterocycles. The molecular formula is C6H7ClN2OS. The SMILES string of the molecule is Cc1ncc(Cl)cc1SON. The zero-order chi connectivity index (χ0) is 8.27. The van der Waals surface area contributed by atoms with E-state index in [9.17, 15) is 0 Å². The van der Waals surface area contributed by atoms with Gasteiger partial charge in [-0.2, -0.15) is 0 Å². The van der Waals surface area contributed by atoms with Crippen molar-refractivity contribution in [3.63, 3.8) is 0 Å².